The van der Waals surface area contributed by atoms with Crippen LogP contribution in [0.15, 0.2) is 60.8 Å². The van der Waals surface area contributed by atoms with Crippen LogP contribution in [0.1, 0.15) is 54.1 Å². The standard InChI is InChI=1S/C45H53ClN9O7P/c1-5-28-23-34(49-45-47-25-32(46)42(51-45)48-33-10-6-7-12-39(33)63(3,4)60)38(61-2)24-36(28)53-17-15-29(16-18-53)54-20-19-52(27-41(54)57)21-22-62-37-11-8-9-30-31(37)26-55(44(30)59)35-13-14-40(56)50-43(35)58/h6-12,23-25,29,35H,5,13-22,26-27H2,1-4H3,(H,50,56,58)(H2,47,48,49,51). The highest BCUT2D eigenvalue weighted by atomic mass is 35.5. The Morgan fingerprint density at radius 3 is 2.43 bits per heavy atom. The molecule has 3 fully saturated rings. The van der Waals surface area contributed by atoms with Gasteiger partial charge in [-0.05, 0) is 74.9 Å². The Morgan fingerprint density at radius 2 is 1.70 bits per heavy atom. The summed E-state index contributed by atoms with van der Waals surface area (Å²) in [7, 11) is -0.943. The summed E-state index contributed by atoms with van der Waals surface area (Å²) < 4.78 is 25.0. The molecule has 0 spiro atoms. The van der Waals surface area contributed by atoms with E-state index in [9.17, 15) is 23.7 Å². The molecule has 3 N–H and O–H groups in total. The van der Waals surface area contributed by atoms with Crippen LogP contribution < -0.4 is 35.6 Å². The Bertz CT molecular complexity index is 2480. The molecule has 8 rings (SSSR count). The van der Waals surface area contributed by atoms with Crippen molar-refractivity contribution in [3.05, 3.63) is 82.5 Å². The number of carbonyl (C=O) groups is 4. The van der Waals surface area contributed by atoms with Gasteiger partial charge in [0, 0.05) is 73.4 Å². The van der Waals surface area contributed by atoms with E-state index >= 15 is 0 Å². The van der Waals surface area contributed by atoms with Crippen molar-refractivity contribution >= 4 is 76.5 Å². The molecule has 4 amide bonds. The quantitative estimate of drug-likeness (QED) is 0.109. The van der Waals surface area contributed by atoms with Crippen LogP contribution in [-0.4, -0.2) is 127 Å². The van der Waals surface area contributed by atoms with Gasteiger partial charge in [-0.25, -0.2) is 4.98 Å². The number of methoxy groups -OCH3 is 1. The molecular weight excluding hydrogens is 845 g/mol. The van der Waals surface area contributed by atoms with Gasteiger partial charge >= 0.3 is 0 Å². The van der Waals surface area contributed by atoms with E-state index in [1.165, 1.54) is 11.1 Å². The third-order valence-corrected chi connectivity index (χ3v) is 14.1. The first-order chi connectivity index (χ1) is 30.3. The van der Waals surface area contributed by atoms with E-state index in [-0.39, 0.29) is 36.7 Å². The van der Waals surface area contributed by atoms with E-state index in [4.69, 9.17) is 21.1 Å². The maximum atomic E-state index is 13.5. The first-order valence-electron chi connectivity index (χ1n) is 21.4. The molecule has 4 aliphatic heterocycles. The van der Waals surface area contributed by atoms with Gasteiger partial charge in [0.05, 0.1) is 37.8 Å². The van der Waals surface area contributed by atoms with Crippen LogP contribution in [0.4, 0.5) is 28.8 Å². The lowest BCUT2D eigenvalue weighted by molar-refractivity contribution is -0.139. The zero-order chi connectivity index (χ0) is 44.4. The number of amides is 4. The number of aromatic nitrogens is 2. The summed E-state index contributed by atoms with van der Waals surface area (Å²) in [6, 6.07) is 16.3. The first-order valence-corrected chi connectivity index (χ1v) is 24.4. The van der Waals surface area contributed by atoms with Gasteiger partial charge in [-0.2, -0.15) is 4.98 Å². The van der Waals surface area contributed by atoms with Crippen molar-refractivity contribution < 1.29 is 33.2 Å². The van der Waals surface area contributed by atoms with Crippen LogP contribution in [0, 0.1) is 0 Å². The lowest BCUT2D eigenvalue weighted by atomic mass is 9.99. The van der Waals surface area contributed by atoms with E-state index in [1.807, 2.05) is 35.2 Å². The number of fused-ring (bicyclic) bond motifs is 1. The number of piperazine rings is 1. The van der Waals surface area contributed by atoms with Crippen molar-refractivity contribution in [2.75, 3.05) is 81.8 Å². The monoisotopic (exact) mass is 897 g/mol. The average Bonchev–Trinajstić information content (AvgIpc) is 3.60. The molecule has 18 heteroatoms. The minimum atomic E-state index is -2.58. The normalized spacial score (nSPS) is 18.7. The lowest BCUT2D eigenvalue weighted by Crippen LogP contribution is -2.56. The number of nitrogens with zero attached hydrogens (tertiary/aromatic N) is 6. The molecular formula is C45H53ClN9O7P. The Morgan fingerprint density at radius 1 is 0.905 bits per heavy atom. The number of anilines is 5. The highest BCUT2D eigenvalue weighted by Gasteiger charge is 2.40. The molecule has 3 saturated heterocycles. The van der Waals surface area contributed by atoms with Gasteiger partial charge in [0.2, 0.25) is 23.7 Å². The Balaban J connectivity index is 0.843. The van der Waals surface area contributed by atoms with Crippen molar-refractivity contribution in [2.24, 2.45) is 0 Å². The van der Waals surface area contributed by atoms with E-state index in [2.05, 4.69) is 54.8 Å². The Kier molecular flexibility index (Phi) is 12.9. The molecule has 1 aromatic heterocycles. The second-order valence-electron chi connectivity index (χ2n) is 16.7. The van der Waals surface area contributed by atoms with Gasteiger partial charge < -0.3 is 39.4 Å². The molecule has 1 atom stereocenters. The van der Waals surface area contributed by atoms with E-state index in [0.717, 1.165) is 55.7 Å². The third-order valence-electron chi connectivity index (χ3n) is 12.3. The van der Waals surface area contributed by atoms with Crippen molar-refractivity contribution in [1.29, 1.82) is 0 Å². The summed E-state index contributed by atoms with van der Waals surface area (Å²) in [5, 5.41) is 9.94. The number of imide groups is 1. The maximum Gasteiger partial charge on any atom is 0.255 e. The van der Waals surface area contributed by atoms with Crippen LogP contribution in [-0.2, 0) is 31.9 Å². The topological polar surface area (TPSA) is 179 Å². The summed E-state index contributed by atoms with van der Waals surface area (Å²) >= 11 is 6.52. The highest BCUT2D eigenvalue weighted by molar-refractivity contribution is 7.70. The summed E-state index contributed by atoms with van der Waals surface area (Å²) in [4.78, 5) is 68.1. The predicted molar refractivity (Wildman–Crippen MR) is 243 cm³/mol. The maximum absolute atomic E-state index is 13.5. The number of nitrogens with one attached hydrogen (secondary N) is 3. The fraction of sp³-hybridized carbons (Fsp3) is 0.422. The summed E-state index contributed by atoms with van der Waals surface area (Å²) in [6.07, 6.45) is 4.49. The molecule has 4 aliphatic rings. The number of para-hydroxylation sites is 1. The Hall–Kier alpha value is -5.70. The fourth-order valence-corrected chi connectivity index (χ4v) is 10.3. The molecule has 1 unspecified atom stereocenters. The molecule has 0 bridgehead atoms. The van der Waals surface area contributed by atoms with Crippen molar-refractivity contribution in [1.82, 2.24) is 30.0 Å². The van der Waals surface area contributed by atoms with Crippen LogP contribution in [0.5, 0.6) is 11.5 Å². The highest BCUT2D eigenvalue weighted by Crippen LogP contribution is 2.40. The molecule has 3 aromatic carbocycles. The van der Waals surface area contributed by atoms with Gasteiger partial charge in [0.1, 0.15) is 36.3 Å². The van der Waals surface area contributed by atoms with Gasteiger partial charge in [0.15, 0.2) is 5.82 Å². The molecule has 0 saturated carbocycles. The average molecular weight is 898 g/mol. The van der Waals surface area contributed by atoms with Crippen molar-refractivity contribution in [2.45, 2.75) is 57.7 Å². The second kappa shape index (κ2) is 18.6. The van der Waals surface area contributed by atoms with Crippen molar-refractivity contribution in [3.63, 3.8) is 0 Å². The van der Waals surface area contributed by atoms with Crippen LogP contribution in [0.2, 0.25) is 5.02 Å². The minimum Gasteiger partial charge on any atom is -0.494 e. The first kappa shape index (κ1) is 43.9. The van der Waals surface area contributed by atoms with Gasteiger partial charge in [-0.15, -0.1) is 0 Å². The van der Waals surface area contributed by atoms with E-state index in [1.54, 1.807) is 32.6 Å². The number of hydrogen-bond donors (Lipinski definition) is 3. The summed E-state index contributed by atoms with van der Waals surface area (Å²) in [5.41, 5.74) is 4.83. The second-order valence-corrected chi connectivity index (χ2v) is 20.2. The number of aryl methyl sites for hydroxylation is 1. The van der Waals surface area contributed by atoms with Crippen molar-refractivity contribution in [3.8, 4) is 11.5 Å². The van der Waals surface area contributed by atoms with E-state index < -0.39 is 19.1 Å². The van der Waals surface area contributed by atoms with E-state index in [0.29, 0.717) is 83.2 Å². The SMILES string of the molecule is CCc1cc(Nc2ncc(Cl)c(Nc3ccccc3P(C)(C)=O)n2)c(OC)cc1N1CCC(N2CCN(CCOc3cccc4c3CN(C3CCC(=O)NC3=O)C4=O)CC2=O)CC1. The number of piperidine rings is 2. The van der Waals surface area contributed by atoms with Crippen LogP contribution in [0.25, 0.3) is 0 Å². The van der Waals surface area contributed by atoms with Gasteiger partial charge in [-0.3, -0.25) is 29.4 Å². The molecule has 0 aliphatic carbocycles. The van der Waals surface area contributed by atoms with Crippen LogP contribution in [0.3, 0.4) is 0 Å². The predicted octanol–water partition coefficient (Wildman–Crippen LogP) is 5.39. The number of rotatable bonds is 14. The number of benzene rings is 3. The number of hydrogen-bond acceptors (Lipinski definition) is 13. The zero-order valence-corrected chi connectivity index (χ0v) is 37.6. The van der Waals surface area contributed by atoms with Gasteiger partial charge in [0.25, 0.3) is 5.91 Å². The summed E-state index contributed by atoms with van der Waals surface area (Å²) in [5.74, 6) is 1.02. The zero-order valence-electron chi connectivity index (χ0n) is 36.0. The fourth-order valence-electron chi connectivity index (χ4n) is 8.98. The molecule has 4 aromatic rings. The molecule has 0 radical (unpaired) electrons. The smallest absolute Gasteiger partial charge is 0.255 e. The minimum absolute atomic E-state index is 0.111. The number of halogens is 1. The lowest BCUT2D eigenvalue weighted by Gasteiger charge is -2.43. The third kappa shape index (κ3) is 9.48. The largest absolute Gasteiger partial charge is 0.494 e. The van der Waals surface area contributed by atoms with Crippen LogP contribution >= 0.6 is 18.7 Å². The molecule has 16 nitrogen and oxygen atoms in total. The van der Waals surface area contributed by atoms with Gasteiger partial charge in [-0.1, -0.05) is 36.7 Å². The number of ether oxygens (including phenoxy) is 2. The summed E-state index contributed by atoms with van der Waals surface area (Å²) in [6.45, 7) is 9.97. The molecule has 63 heavy (non-hydrogen) atoms. The number of carbonyl (C=O) groups excluding carboxylic acids is 4. The Labute approximate surface area is 372 Å². The molecule has 5 heterocycles. The molecule has 332 valence electrons.